The van der Waals surface area contributed by atoms with Crippen LogP contribution in [0.1, 0.15) is 9.67 Å². The number of rotatable bonds is 3. The lowest BCUT2D eigenvalue weighted by Crippen LogP contribution is -2.14. The number of ether oxygens (including phenoxy) is 1. The lowest BCUT2D eigenvalue weighted by molar-refractivity contribution is -0.148. The van der Waals surface area contributed by atoms with Gasteiger partial charge in [0.05, 0.1) is 9.35 Å². The molecule has 0 aliphatic heterocycles. The summed E-state index contributed by atoms with van der Waals surface area (Å²) in [6, 6.07) is 0. The van der Waals surface area contributed by atoms with Crippen molar-refractivity contribution in [3.05, 3.63) is 0 Å². The number of carbonyl (C=O) groups is 1. The van der Waals surface area contributed by atoms with Crippen molar-refractivity contribution in [2.45, 2.75) is 6.92 Å². The van der Waals surface area contributed by atoms with E-state index in [9.17, 15) is 4.79 Å². The Morgan fingerprint density at radius 1 is 2.00 bits per heavy atom. The van der Waals surface area contributed by atoms with Crippen molar-refractivity contribution in [2.24, 2.45) is 5.90 Å². The first-order valence-corrected chi connectivity index (χ1v) is 2.09. The molecule has 48 valence electrons. The first-order chi connectivity index (χ1) is 4.54. The third kappa shape index (κ3) is 3.58. The van der Waals surface area contributed by atoms with Crippen LogP contribution in [0.5, 0.6) is 0 Å². The van der Waals surface area contributed by atoms with Gasteiger partial charge in [0.2, 0.25) is 0 Å². The monoisotopic (exact) mass is 121 g/mol. The Bertz CT molecular complexity index is 128. The van der Waals surface area contributed by atoms with E-state index in [0.717, 1.165) is 0 Å². The van der Waals surface area contributed by atoms with Crippen molar-refractivity contribution in [2.75, 3.05) is 13.2 Å². The van der Waals surface area contributed by atoms with Crippen LogP contribution < -0.4 is 5.90 Å². The Kier molecular flexibility index (Phi) is 2.44. The van der Waals surface area contributed by atoms with E-state index in [4.69, 9.17) is 2.74 Å². The predicted molar refractivity (Wildman–Crippen MR) is 26.8 cm³/mol. The van der Waals surface area contributed by atoms with Crippen LogP contribution in [0, 0.1) is 0 Å². The maximum atomic E-state index is 10.5. The van der Waals surface area contributed by atoms with Crippen LogP contribution in [-0.2, 0) is 14.4 Å². The van der Waals surface area contributed by atoms with E-state index in [0.29, 0.717) is 0 Å². The maximum absolute atomic E-state index is 10.5. The van der Waals surface area contributed by atoms with E-state index < -0.39 is 12.5 Å². The maximum Gasteiger partial charge on any atom is 0.334 e. The Morgan fingerprint density at radius 2 is 2.62 bits per heavy atom. The van der Waals surface area contributed by atoms with E-state index in [1.165, 1.54) is 0 Å². The first-order valence-electron chi connectivity index (χ1n) is 3.09. The minimum atomic E-state index is -2.53. The Morgan fingerprint density at radius 3 is 3.00 bits per heavy atom. The van der Waals surface area contributed by atoms with Gasteiger partial charge in [-0.25, -0.2) is 10.7 Å². The van der Waals surface area contributed by atoms with Gasteiger partial charge in [-0.3, -0.25) is 4.84 Å². The van der Waals surface area contributed by atoms with Crippen LogP contribution in [0.15, 0.2) is 0 Å². The molecule has 4 heteroatoms. The normalized spacial score (nSPS) is 14.2. The Balaban J connectivity index is 3.91. The van der Waals surface area contributed by atoms with Gasteiger partial charge >= 0.3 is 5.97 Å². The average Bonchev–Trinajstić information content (AvgIpc) is 1.89. The van der Waals surface area contributed by atoms with Crippen LogP contribution in [-0.4, -0.2) is 19.1 Å². The molecule has 0 aliphatic rings. The molecular formula is C4H9NO3. The van der Waals surface area contributed by atoms with Crippen molar-refractivity contribution < 1.29 is 17.1 Å². The molecule has 0 fully saturated rings. The molecule has 8 heavy (non-hydrogen) atoms. The second kappa shape index (κ2) is 4.55. The first kappa shape index (κ1) is 4.29. The second-order valence-corrected chi connectivity index (χ2v) is 0.940. The summed E-state index contributed by atoms with van der Waals surface area (Å²) in [6.07, 6.45) is 0. The molecule has 0 amide bonds. The Labute approximate surface area is 50.3 Å². The van der Waals surface area contributed by atoms with Crippen molar-refractivity contribution in [1.29, 1.82) is 0 Å². The van der Waals surface area contributed by atoms with E-state index in [1.54, 1.807) is 6.92 Å². The molecule has 0 saturated heterocycles. The van der Waals surface area contributed by atoms with Crippen LogP contribution in [0.3, 0.4) is 0 Å². The molecule has 2 N–H and O–H groups in total. The molecule has 0 aromatic rings. The molecule has 0 heterocycles. The van der Waals surface area contributed by atoms with Crippen LogP contribution in [0.4, 0.5) is 0 Å². The zero-order valence-corrected chi connectivity index (χ0v) is 4.51. The third-order valence-corrected chi connectivity index (χ3v) is 0.418. The van der Waals surface area contributed by atoms with Crippen molar-refractivity contribution in [3.63, 3.8) is 0 Å². The van der Waals surface area contributed by atoms with E-state index >= 15 is 0 Å². The van der Waals surface area contributed by atoms with E-state index in [1.807, 2.05) is 0 Å². The summed E-state index contributed by atoms with van der Waals surface area (Å²) >= 11 is 0. The van der Waals surface area contributed by atoms with Gasteiger partial charge in [0, 0.05) is 0 Å². The average molecular weight is 121 g/mol. The fourth-order valence-electron chi connectivity index (χ4n) is 0.209. The largest absolute Gasteiger partial charge is 0.464 e. The summed E-state index contributed by atoms with van der Waals surface area (Å²) in [4.78, 5) is 14.2. The molecule has 0 aromatic heterocycles. The van der Waals surface area contributed by atoms with Crippen LogP contribution in [0.25, 0.3) is 0 Å². The van der Waals surface area contributed by atoms with Gasteiger partial charge in [-0.2, -0.15) is 0 Å². The summed E-state index contributed by atoms with van der Waals surface area (Å²) in [6.45, 7) is -0.873. The van der Waals surface area contributed by atoms with Crippen molar-refractivity contribution in [1.82, 2.24) is 0 Å². The minimum Gasteiger partial charge on any atom is -0.464 e. The highest BCUT2D eigenvalue weighted by Crippen LogP contribution is 1.74. The summed E-state index contributed by atoms with van der Waals surface area (Å²) in [5.74, 6) is 3.35. The fourth-order valence-corrected chi connectivity index (χ4v) is 0.209. The highest BCUT2D eigenvalue weighted by Gasteiger charge is 1.96. The SMILES string of the molecule is [2H]C([2H])(ON)C(=O)OCC. The molecule has 0 saturated carbocycles. The van der Waals surface area contributed by atoms with Crippen LogP contribution >= 0.6 is 0 Å². The summed E-state index contributed by atoms with van der Waals surface area (Å²) < 4.78 is 17.7. The highest BCUT2D eigenvalue weighted by atomic mass is 16.6. The van der Waals surface area contributed by atoms with Gasteiger partial charge in [-0.1, -0.05) is 0 Å². The van der Waals surface area contributed by atoms with Crippen molar-refractivity contribution >= 4 is 5.97 Å². The standard InChI is InChI=1S/C4H9NO3/c1-2-7-4(6)3-8-5/h2-3,5H2,1H3/i3D2. The third-order valence-electron chi connectivity index (χ3n) is 0.418. The van der Waals surface area contributed by atoms with E-state index in [-0.39, 0.29) is 6.61 Å². The molecule has 0 spiro atoms. The second-order valence-electron chi connectivity index (χ2n) is 0.940. The fraction of sp³-hybridized carbons (Fsp3) is 0.750. The molecule has 0 bridgehead atoms. The van der Waals surface area contributed by atoms with Gasteiger partial charge in [0.1, 0.15) is 0 Å². The predicted octanol–water partition coefficient (Wildman–Crippen LogP) is -0.560. The van der Waals surface area contributed by atoms with Gasteiger partial charge in [-0.15, -0.1) is 0 Å². The van der Waals surface area contributed by atoms with Crippen LogP contribution in [0.2, 0.25) is 0 Å². The van der Waals surface area contributed by atoms with E-state index in [2.05, 4.69) is 15.5 Å². The summed E-state index contributed by atoms with van der Waals surface area (Å²) in [7, 11) is 0. The van der Waals surface area contributed by atoms with Gasteiger partial charge < -0.3 is 4.74 Å². The Hall–Kier alpha value is -0.610. The number of carbonyl (C=O) groups excluding carboxylic acids is 1. The topological polar surface area (TPSA) is 61.5 Å². The quantitative estimate of drug-likeness (QED) is 0.401. The molecule has 0 rings (SSSR count). The highest BCUT2D eigenvalue weighted by molar-refractivity contribution is 5.70. The lowest BCUT2D eigenvalue weighted by Gasteiger charge is -1.96. The van der Waals surface area contributed by atoms with Gasteiger partial charge in [0.15, 0.2) is 6.56 Å². The zero-order valence-electron chi connectivity index (χ0n) is 6.51. The summed E-state index contributed by atoms with van der Waals surface area (Å²) in [5.41, 5.74) is 0. The molecule has 0 aromatic carbocycles. The molecule has 0 radical (unpaired) electrons. The van der Waals surface area contributed by atoms with Gasteiger partial charge in [0.25, 0.3) is 0 Å². The molecule has 0 unspecified atom stereocenters. The summed E-state index contributed by atoms with van der Waals surface area (Å²) in [5, 5.41) is 0. The zero-order chi connectivity index (χ0) is 8.20. The van der Waals surface area contributed by atoms with Crippen molar-refractivity contribution in [3.8, 4) is 0 Å². The molecular weight excluding hydrogens is 110 g/mol. The number of hydrogen-bond donors (Lipinski definition) is 1. The molecule has 0 aliphatic carbocycles. The molecule has 4 nitrogen and oxygen atoms in total. The van der Waals surface area contributed by atoms with Gasteiger partial charge in [-0.05, 0) is 6.92 Å². The number of nitrogens with two attached hydrogens (primary N) is 1. The lowest BCUT2D eigenvalue weighted by atomic mass is 10.7. The minimum absolute atomic E-state index is 0.0989. The number of esters is 1. The molecule has 0 atom stereocenters. The number of hydrogen-bond acceptors (Lipinski definition) is 4. The smallest absolute Gasteiger partial charge is 0.334 e.